The van der Waals surface area contributed by atoms with Crippen LogP contribution in [0.25, 0.3) is 0 Å². The fourth-order valence-corrected chi connectivity index (χ4v) is 6.29. The molecule has 3 aliphatic rings. The Balaban J connectivity index is 1.48. The normalized spacial score (nSPS) is 25.9. The van der Waals surface area contributed by atoms with Gasteiger partial charge in [-0.15, -0.1) is 0 Å². The van der Waals surface area contributed by atoms with Gasteiger partial charge in [-0.2, -0.15) is 0 Å². The third-order valence-electron chi connectivity index (χ3n) is 8.13. The number of benzene rings is 1. The molecule has 2 heterocycles. The van der Waals surface area contributed by atoms with Crippen molar-refractivity contribution in [3.8, 4) is 0 Å². The van der Waals surface area contributed by atoms with Crippen LogP contribution in [0.5, 0.6) is 0 Å². The Hall–Kier alpha value is -1.88. The minimum atomic E-state index is -0.501. The Morgan fingerprint density at radius 2 is 1.72 bits per heavy atom. The molecular weight excluding hydrogens is 400 g/mol. The molecule has 4 rings (SSSR count). The van der Waals surface area contributed by atoms with Gasteiger partial charge in [0.05, 0.1) is 11.5 Å². The molecule has 2 aliphatic heterocycles. The molecule has 5 heteroatoms. The molecule has 1 spiro atoms. The molecule has 32 heavy (non-hydrogen) atoms. The zero-order valence-electron chi connectivity index (χ0n) is 20.3. The number of carbonyl (C=O) groups is 2. The van der Waals surface area contributed by atoms with E-state index < -0.39 is 5.41 Å². The number of carbonyl (C=O) groups excluding carboxylic acids is 2. The molecule has 1 aromatic carbocycles. The standard InChI is InChI=1S/C27H40N2O3/c1-19(2)21-9-11-23(12-10-21)28-15-13-27(14-16-28)24-8-6-5-7-22(24)17-29(26(27)31)18-25(30)32-20(3)4/h5-8,19-21,23H,9-18H2,1-4H3. The number of hydrogen-bond acceptors (Lipinski definition) is 4. The maximum absolute atomic E-state index is 13.8. The van der Waals surface area contributed by atoms with Gasteiger partial charge in [0.25, 0.3) is 0 Å². The molecule has 1 amide bonds. The lowest BCUT2D eigenvalue weighted by molar-refractivity contribution is -0.156. The van der Waals surface area contributed by atoms with Gasteiger partial charge in [-0.05, 0) is 88.4 Å². The third kappa shape index (κ3) is 4.59. The second-order valence-electron chi connectivity index (χ2n) is 10.8. The molecule has 2 fully saturated rings. The van der Waals surface area contributed by atoms with Crippen LogP contribution in [0.1, 0.15) is 77.3 Å². The van der Waals surface area contributed by atoms with Gasteiger partial charge in [-0.1, -0.05) is 38.1 Å². The highest BCUT2D eigenvalue weighted by Gasteiger charge is 2.49. The van der Waals surface area contributed by atoms with E-state index in [1.807, 2.05) is 19.9 Å². The van der Waals surface area contributed by atoms with Crippen LogP contribution >= 0.6 is 0 Å². The lowest BCUT2D eigenvalue weighted by Gasteiger charge is -2.49. The summed E-state index contributed by atoms with van der Waals surface area (Å²) in [7, 11) is 0. The minimum Gasteiger partial charge on any atom is -0.462 e. The lowest BCUT2D eigenvalue weighted by Crippen LogP contribution is -2.58. The predicted octanol–water partition coefficient (Wildman–Crippen LogP) is 4.53. The van der Waals surface area contributed by atoms with Gasteiger partial charge in [0.2, 0.25) is 5.91 Å². The SMILES string of the molecule is CC(C)OC(=O)CN1Cc2ccccc2C2(CCN(C3CCC(C(C)C)CC3)CC2)C1=O. The zero-order chi connectivity index (χ0) is 22.9. The maximum atomic E-state index is 13.8. The van der Waals surface area contributed by atoms with E-state index in [1.54, 1.807) is 4.90 Å². The van der Waals surface area contributed by atoms with Crippen molar-refractivity contribution in [1.29, 1.82) is 0 Å². The molecule has 0 aromatic heterocycles. The van der Waals surface area contributed by atoms with Gasteiger partial charge in [-0.25, -0.2) is 0 Å². The predicted molar refractivity (Wildman–Crippen MR) is 126 cm³/mol. The van der Waals surface area contributed by atoms with Crippen molar-refractivity contribution in [3.05, 3.63) is 35.4 Å². The monoisotopic (exact) mass is 440 g/mol. The van der Waals surface area contributed by atoms with Crippen molar-refractivity contribution in [3.63, 3.8) is 0 Å². The number of nitrogens with zero attached hydrogens (tertiary/aromatic N) is 2. The average molecular weight is 441 g/mol. The highest BCUT2D eigenvalue weighted by Crippen LogP contribution is 2.44. The van der Waals surface area contributed by atoms with Crippen LogP contribution in [0.4, 0.5) is 0 Å². The van der Waals surface area contributed by atoms with E-state index >= 15 is 0 Å². The van der Waals surface area contributed by atoms with Crippen LogP contribution in [0.3, 0.4) is 0 Å². The summed E-state index contributed by atoms with van der Waals surface area (Å²) in [5, 5.41) is 0. The van der Waals surface area contributed by atoms with Gasteiger partial charge in [-0.3, -0.25) is 9.59 Å². The Kier molecular flexibility index (Phi) is 6.94. The summed E-state index contributed by atoms with van der Waals surface area (Å²) in [6.07, 6.45) is 6.74. The van der Waals surface area contributed by atoms with Crippen LogP contribution < -0.4 is 0 Å². The van der Waals surface area contributed by atoms with Crippen molar-refractivity contribution in [1.82, 2.24) is 9.80 Å². The summed E-state index contributed by atoms with van der Waals surface area (Å²) in [5.41, 5.74) is 1.86. The van der Waals surface area contributed by atoms with E-state index in [9.17, 15) is 9.59 Å². The first kappa shape index (κ1) is 23.3. The quantitative estimate of drug-likeness (QED) is 0.631. The van der Waals surface area contributed by atoms with Gasteiger partial charge in [0.1, 0.15) is 6.54 Å². The van der Waals surface area contributed by atoms with Crippen molar-refractivity contribution < 1.29 is 14.3 Å². The number of piperidine rings is 1. The Morgan fingerprint density at radius 1 is 1.06 bits per heavy atom. The molecule has 176 valence electrons. The minimum absolute atomic E-state index is 0.0377. The molecule has 5 nitrogen and oxygen atoms in total. The second kappa shape index (κ2) is 9.54. The van der Waals surface area contributed by atoms with Crippen LogP contribution in [0.2, 0.25) is 0 Å². The van der Waals surface area contributed by atoms with Crippen molar-refractivity contribution in [2.75, 3.05) is 19.6 Å². The zero-order valence-corrected chi connectivity index (χ0v) is 20.3. The molecule has 0 N–H and O–H groups in total. The van der Waals surface area contributed by atoms with E-state index in [0.717, 1.165) is 37.8 Å². The summed E-state index contributed by atoms with van der Waals surface area (Å²) in [4.78, 5) is 30.5. The molecule has 0 unspecified atom stereocenters. The summed E-state index contributed by atoms with van der Waals surface area (Å²) in [6.45, 7) is 10.8. The van der Waals surface area contributed by atoms with Crippen molar-refractivity contribution >= 4 is 11.9 Å². The first-order valence-corrected chi connectivity index (χ1v) is 12.6. The number of amides is 1. The molecule has 1 aromatic rings. The first-order chi connectivity index (χ1) is 15.3. The van der Waals surface area contributed by atoms with Gasteiger partial charge in [0, 0.05) is 12.6 Å². The second-order valence-corrected chi connectivity index (χ2v) is 10.8. The number of hydrogen-bond donors (Lipinski definition) is 0. The molecule has 0 atom stereocenters. The van der Waals surface area contributed by atoms with Crippen LogP contribution in [-0.4, -0.2) is 53.5 Å². The van der Waals surface area contributed by atoms with Gasteiger partial charge in [0.15, 0.2) is 0 Å². The van der Waals surface area contributed by atoms with Crippen LogP contribution in [0.15, 0.2) is 24.3 Å². The van der Waals surface area contributed by atoms with Gasteiger partial charge < -0.3 is 14.5 Å². The molecule has 0 radical (unpaired) electrons. The third-order valence-corrected chi connectivity index (χ3v) is 8.13. The summed E-state index contributed by atoms with van der Waals surface area (Å²) >= 11 is 0. The first-order valence-electron chi connectivity index (χ1n) is 12.6. The smallest absolute Gasteiger partial charge is 0.325 e. The Morgan fingerprint density at radius 3 is 2.34 bits per heavy atom. The molecule has 1 aliphatic carbocycles. The van der Waals surface area contributed by atoms with Crippen LogP contribution in [0, 0.1) is 11.8 Å². The van der Waals surface area contributed by atoms with Crippen LogP contribution in [-0.2, 0) is 26.3 Å². The molecular formula is C27H40N2O3. The lowest BCUT2D eigenvalue weighted by atomic mass is 9.67. The highest BCUT2D eigenvalue weighted by molar-refractivity contribution is 5.92. The number of rotatable bonds is 5. The number of esters is 1. The number of ether oxygens (including phenoxy) is 1. The van der Waals surface area contributed by atoms with Crippen molar-refractivity contribution in [2.24, 2.45) is 11.8 Å². The number of fused-ring (bicyclic) bond motifs is 2. The highest BCUT2D eigenvalue weighted by atomic mass is 16.5. The largest absolute Gasteiger partial charge is 0.462 e. The summed E-state index contributed by atoms with van der Waals surface area (Å²) < 4.78 is 5.35. The average Bonchev–Trinajstić information content (AvgIpc) is 2.77. The molecule has 1 saturated heterocycles. The Labute approximate surface area is 193 Å². The van der Waals surface area contributed by atoms with Gasteiger partial charge >= 0.3 is 5.97 Å². The van der Waals surface area contributed by atoms with Crippen molar-refractivity contribution in [2.45, 2.75) is 90.3 Å². The summed E-state index contributed by atoms with van der Waals surface area (Å²) in [6, 6.07) is 9.00. The van der Waals surface area contributed by atoms with E-state index in [4.69, 9.17) is 4.74 Å². The molecule has 1 saturated carbocycles. The topological polar surface area (TPSA) is 49.9 Å². The van der Waals surface area contributed by atoms with E-state index in [1.165, 1.54) is 36.8 Å². The van der Waals surface area contributed by atoms with E-state index in [2.05, 4.69) is 36.9 Å². The fraction of sp³-hybridized carbons (Fsp3) is 0.704. The fourth-order valence-electron chi connectivity index (χ4n) is 6.29. The van der Waals surface area contributed by atoms with E-state index in [0.29, 0.717) is 12.6 Å². The maximum Gasteiger partial charge on any atom is 0.325 e. The Bertz CT molecular complexity index is 818. The number of likely N-dealkylation sites (tertiary alicyclic amines) is 1. The summed E-state index contributed by atoms with van der Waals surface area (Å²) in [5.74, 6) is 1.45. The molecule has 0 bridgehead atoms. The van der Waals surface area contributed by atoms with E-state index in [-0.39, 0.29) is 24.5 Å².